The fourth-order valence-electron chi connectivity index (χ4n) is 1.12. The topological polar surface area (TPSA) is 38.9 Å². The molecule has 2 N–H and O–H groups in total. The molecule has 0 spiro atoms. The van der Waals surface area contributed by atoms with Crippen LogP contribution in [0.15, 0.2) is 12.4 Å². The smallest absolute Gasteiger partial charge is 0.147 e. The van der Waals surface area contributed by atoms with Gasteiger partial charge in [-0.3, -0.25) is 4.98 Å². The minimum absolute atomic E-state index is 0.0681. The maximum Gasteiger partial charge on any atom is 0.147 e. The lowest BCUT2D eigenvalue weighted by molar-refractivity contribution is 0.458. The zero-order chi connectivity index (χ0) is 10.8. The van der Waals surface area contributed by atoms with Crippen molar-refractivity contribution in [3.8, 4) is 0 Å². The summed E-state index contributed by atoms with van der Waals surface area (Å²) in [6.07, 6.45) is 2.86. The summed E-state index contributed by atoms with van der Waals surface area (Å²) in [5, 5.41) is 0. The van der Waals surface area contributed by atoms with Crippen LogP contribution < -0.4 is 5.73 Å². The third kappa shape index (κ3) is 3.03. The number of halogens is 2. The summed E-state index contributed by atoms with van der Waals surface area (Å²) in [6, 6.07) is 0. The molecule has 0 aliphatic carbocycles. The fraction of sp³-hybridized carbons (Fsp3) is 0.500. The van der Waals surface area contributed by atoms with Crippen LogP contribution >= 0.6 is 0 Å². The molecule has 0 aliphatic heterocycles. The van der Waals surface area contributed by atoms with Crippen LogP contribution in [0, 0.1) is 11.6 Å². The minimum atomic E-state index is -0.603. The summed E-state index contributed by atoms with van der Waals surface area (Å²) in [5.74, 6) is -1.21. The van der Waals surface area contributed by atoms with Crippen molar-refractivity contribution in [1.82, 2.24) is 4.98 Å². The molecule has 14 heavy (non-hydrogen) atoms. The van der Waals surface area contributed by atoms with Crippen molar-refractivity contribution in [2.24, 2.45) is 5.73 Å². The van der Waals surface area contributed by atoms with Crippen molar-refractivity contribution in [2.75, 3.05) is 0 Å². The first-order valence-corrected chi connectivity index (χ1v) is 4.47. The van der Waals surface area contributed by atoms with Gasteiger partial charge in [0.1, 0.15) is 11.6 Å². The summed E-state index contributed by atoms with van der Waals surface area (Å²) >= 11 is 0. The number of hydrogen-bond donors (Lipinski definition) is 1. The Morgan fingerprint density at radius 3 is 2.21 bits per heavy atom. The summed E-state index contributed by atoms with van der Waals surface area (Å²) < 4.78 is 26.2. The van der Waals surface area contributed by atoms with Gasteiger partial charge in [-0.15, -0.1) is 0 Å². The molecule has 1 rings (SSSR count). The van der Waals surface area contributed by atoms with E-state index in [9.17, 15) is 8.78 Å². The Hall–Kier alpha value is -1.03. The van der Waals surface area contributed by atoms with Gasteiger partial charge in [-0.1, -0.05) is 0 Å². The number of nitrogens with zero attached hydrogens (tertiary/aromatic N) is 1. The molecule has 1 heterocycles. The van der Waals surface area contributed by atoms with Crippen LogP contribution in [0.3, 0.4) is 0 Å². The third-order valence-electron chi connectivity index (χ3n) is 1.97. The molecule has 0 fully saturated rings. The lowest BCUT2D eigenvalue weighted by Crippen LogP contribution is -2.32. The van der Waals surface area contributed by atoms with Crippen molar-refractivity contribution >= 4 is 0 Å². The molecule has 0 saturated heterocycles. The van der Waals surface area contributed by atoms with Gasteiger partial charge < -0.3 is 5.73 Å². The first kappa shape index (κ1) is 11.0. The Morgan fingerprint density at radius 1 is 1.29 bits per heavy atom. The van der Waals surface area contributed by atoms with E-state index in [1.807, 2.05) is 13.8 Å². The Balaban J connectivity index is 2.77. The van der Waals surface area contributed by atoms with Crippen molar-refractivity contribution in [3.63, 3.8) is 0 Å². The molecular weight excluding hydrogens is 186 g/mol. The van der Waals surface area contributed by atoms with Gasteiger partial charge in [0.25, 0.3) is 0 Å². The second kappa shape index (κ2) is 4.00. The normalized spacial score (nSPS) is 11.8. The van der Waals surface area contributed by atoms with Gasteiger partial charge in [0.15, 0.2) is 0 Å². The fourth-order valence-corrected chi connectivity index (χ4v) is 1.12. The molecule has 0 unspecified atom stereocenters. The molecule has 0 aliphatic rings. The van der Waals surface area contributed by atoms with Gasteiger partial charge in [-0.25, -0.2) is 8.78 Å². The molecule has 0 bridgehead atoms. The van der Waals surface area contributed by atoms with E-state index in [1.54, 1.807) is 0 Å². The number of aromatic nitrogens is 1. The minimum Gasteiger partial charge on any atom is -0.326 e. The predicted molar refractivity (Wildman–Crippen MR) is 50.7 cm³/mol. The first-order valence-electron chi connectivity index (χ1n) is 4.47. The molecule has 0 saturated carbocycles. The number of hydrogen-bond acceptors (Lipinski definition) is 2. The van der Waals surface area contributed by atoms with Crippen LogP contribution in [0.2, 0.25) is 0 Å². The highest BCUT2D eigenvalue weighted by Crippen LogP contribution is 2.16. The Morgan fingerprint density at radius 2 is 1.79 bits per heavy atom. The maximum atomic E-state index is 13.1. The standard InChI is InChI=1S/C10H14F2N2/c1-10(2,13)4-3-7-8(11)5-14-6-9(7)12/h5-6H,3-4,13H2,1-2H3. The van der Waals surface area contributed by atoms with Crippen LogP contribution in [0.25, 0.3) is 0 Å². The van der Waals surface area contributed by atoms with Gasteiger partial charge in [0.2, 0.25) is 0 Å². The molecule has 0 amide bonds. The van der Waals surface area contributed by atoms with Crippen LogP contribution in [0.5, 0.6) is 0 Å². The van der Waals surface area contributed by atoms with Crippen LogP contribution in [-0.2, 0) is 6.42 Å². The van der Waals surface area contributed by atoms with Gasteiger partial charge in [0.05, 0.1) is 12.4 Å². The Kier molecular flexibility index (Phi) is 3.16. The zero-order valence-electron chi connectivity index (χ0n) is 8.35. The largest absolute Gasteiger partial charge is 0.326 e. The summed E-state index contributed by atoms with van der Waals surface area (Å²) in [5.41, 5.74) is 5.38. The van der Waals surface area contributed by atoms with E-state index >= 15 is 0 Å². The second-order valence-electron chi connectivity index (χ2n) is 4.07. The number of pyridine rings is 1. The quantitative estimate of drug-likeness (QED) is 0.810. The second-order valence-corrected chi connectivity index (χ2v) is 4.07. The van der Waals surface area contributed by atoms with E-state index in [1.165, 1.54) is 0 Å². The third-order valence-corrected chi connectivity index (χ3v) is 1.97. The summed E-state index contributed by atoms with van der Waals surface area (Å²) in [6.45, 7) is 3.65. The molecule has 1 aromatic heterocycles. The van der Waals surface area contributed by atoms with E-state index in [0.717, 1.165) is 12.4 Å². The monoisotopic (exact) mass is 200 g/mol. The first-order chi connectivity index (χ1) is 6.40. The Labute approximate surface area is 82.1 Å². The van der Waals surface area contributed by atoms with E-state index in [2.05, 4.69) is 4.98 Å². The van der Waals surface area contributed by atoms with E-state index < -0.39 is 17.2 Å². The van der Waals surface area contributed by atoms with E-state index in [-0.39, 0.29) is 5.56 Å². The number of rotatable bonds is 3. The zero-order valence-corrected chi connectivity index (χ0v) is 8.35. The van der Waals surface area contributed by atoms with Crippen LogP contribution in [-0.4, -0.2) is 10.5 Å². The number of nitrogens with two attached hydrogens (primary N) is 1. The van der Waals surface area contributed by atoms with Gasteiger partial charge in [0, 0.05) is 11.1 Å². The average Bonchev–Trinajstić information content (AvgIpc) is 2.01. The van der Waals surface area contributed by atoms with E-state index in [0.29, 0.717) is 12.8 Å². The molecule has 1 aromatic rings. The maximum absolute atomic E-state index is 13.1. The molecule has 78 valence electrons. The van der Waals surface area contributed by atoms with Crippen LogP contribution in [0.4, 0.5) is 8.78 Å². The van der Waals surface area contributed by atoms with Crippen molar-refractivity contribution in [3.05, 3.63) is 29.6 Å². The lowest BCUT2D eigenvalue weighted by atomic mass is 9.97. The SMILES string of the molecule is CC(C)(N)CCc1c(F)cncc1F. The summed E-state index contributed by atoms with van der Waals surface area (Å²) in [4.78, 5) is 3.41. The average molecular weight is 200 g/mol. The molecule has 0 atom stereocenters. The molecule has 2 nitrogen and oxygen atoms in total. The van der Waals surface area contributed by atoms with Gasteiger partial charge in [-0.2, -0.15) is 0 Å². The molecule has 0 radical (unpaired) electrons. The van der Waals surface area contributed by atoms with Crippen LogP contribution in [0.1, 0.15) is 25.8 Å². The summed E-state index contributed by atoms with van der Waals surface area (Å²) in [7, 11) is 0. The van der Waals surface area contributed by atoms with Crippen molar-refractivity contribution in [1.29, 1.82) is 0 Å². The highest BCUT2D eigenvalue weighted by Gasteiger charge is 2.15. The van der Waals surface area contributed by atoms with Crippen molar-refractivity contribution in [2.45, 2.75) is 32.2 Å². The molecule has 0 aromatic carbocycles. The Bertz CT molecular complexity index is 298. The highest BCUT2D eigenvalue weighted by molar-refractivity contribution is 5.15. The van der Waals surface area contributed by atoms with E-state index in [4.69, 9.17) is 5.73 Å². The molecular formula is C10H14F2N2. The van der Waals surface area contributed by atoms with Gasteiger partial charge >= 0.3 is 0 Å². The lowest BCUT2D eigenvalue weighted by Gasteiger charge is -2.18. The molecule has 4 heteroatoms. The van der Waals surface area contributed by atoms with Crippen molar-refractivity contribution < 1.29 is 8.78 Å². The highest BCUT2D eigenvalue weighted by atomic mass is 19.1. The van der Waals surface area contributed by atoms with Gasteiger partial charge in [-0.05, 0) is 26.7 Å². The predicted octanol–water partition coefficient (Wildman–Crippen LogP) is 2.03.